The van der Waals surface area contributed by atoms with Gasteiger partial charge in [0.25, 0.3) is 0 Å². The second-order valence-electron chi connectivity index (χ2n) is 8.91. The lowest BCUT2D eigenvalue weighted by Crippen LogP contribution is -2.22. The van der Waals surface area contributed by atoms with Gasteiger partial charge in [0.15, 0.2) is 0 Å². The molecular formula is C25H24ClFN2O. The van der Waals surface area contributed by atoms with Gasteiger partial charge in [-0.1, -0.05) is 11.6 Å². The summed E-state index contributed by atoms with van der Waals surface area (Å²) in [6.07, 6.45) is 6.92. The van der Waals surface area contributed by atoms with Gasteiger partial charge in [-0.15, -0.1) is 0 Å². The molecule has 30 heavy (non-hydrogen) atoms. The number of hydrogen-bond donors (Lipinski definition) is 1. The van der Waals surface area contributed by atoms with Crippen LogP contribution in [0.4, 0.5) is 10.1 Å². The molecule has 1 amide bonds. The van der Waals surface area contributed by atoms with Crippen LogP contribution in [0.15, 0.2) is 48.7 Å². The summed E-state index contributed by atoms with van der Waals surface area (Å²) in [5.74, 6) is 0.417. The Labute approximate surface area is 180 Å². The molecule has 1 aromatic heterocycles. The van der Waals surface area contributed by atoms with Crippen molar-refractivity contribution in [2.45, 2.75) is 44.9 Å². The predicted octanol–water partition coefficient (Wildman–Crippen LogP) is 6.64. The van der Waals surface area contributed by atoms with Gasteiger partial charge in [0, 0.05) is 28.2 Å². The third kappa shape index (κ3) is 3.47. The molecule has 1 N–H and O–H groups in total. The van der Waals surface area contributed by atoms with Crippen LogP contribution >= 0.6 is 11.6 Å². The minimum atomic E-state index is -0.176. The van der Waals surface area contributed by atoms with E-state index in [1.807, 2.05) is 30.5 Å². The number of pyridine rings is 1. The average Bonchev–Trinajstić information content (AvgIpc) is 3.44. The highest BCUT2D eigenvalue weighted by Crippen LogP contribution is 2.63. The topological polar surface area (TPSA) is 42.0 Å². The predicted molar refractivity (Wildman–Crippen MR) is 118 cm³/mol. The number of amides is 1. The fourth-order valence-electron chi connectivity index (χ4n) is 5.19. The minimum Gasteiger partial charge on any atom is -0.326 e. The van der Waals surface area contributed by atoms with E-state index in [1.165, 1.54) is 5.56 Å². The number of fused-ring (bicyclic) bond motifs is 1. The molecule has 3 aromatic rings. The van der Waals surface area contributed by atoms with E-state index >= 15 is 0 Å². The van der Waals surface area contributed by atoms with Crippen molar-refractivity contribution in [2.24, 2.45) is 11.3 Å². The van der Waals surface area contributed by atoms with Crippen LogP contribution in [0.1, 0.15) is 49.1 Å². The number of carbonyl (C=O) groups is 1. The highest BCUT2D eigenvalue weighted by molar-refractivity contribution is 6.30. The van der Waals surface area contributed by atoms with Crippen LogP contribution in [-0.2, 0) is 4.79 Å². The molecule has 0 radical (unpaired) electrons. The number of rotatable bonds is 3. The molecule has 2 aliphatic carbocycles. The summed E-state index contributed by atoms with van der Waals surface area (Å²) in [6, 6.07) is 12.7. The third-order valence-corrected chi connectivity index (χ3v) is 7.35. The molecule has 0 saturated heterocycles. The molecule has 154 valence electrons. The second kappa shape index (κ2) is 7.35. The molecule has 2 fully saturated rings. The van der Waals surface area contributed by atoms with Crippen LogP contribution in [0.25, 0.3) is 10.9 Å². The lowest BCUT2D eigenvalue weighted by molar-refractivity contribution is -0.118. The van der Waals surface area contributed by atoms with Crippen molar-refractivity contribution in [3.63, 3.8) is 0 Å². The molecule has 1 atom stereocenters. The van der Waals surface area contributed by atoms with Crippen molar-refractivity contribution in [3.05, 3.63) is 70.6 Å². The Kier molecular flexibility index (Phi) is 4.78. The number of carbonyl (C=O) groups excluding carboxylic acids is 1. The Morgan fingerprint density at radius 2 is 1.90 bits per heavy atom. The maximum Gasteiger partial charge on any atom is 0.228 e. The number of anilines is 1. The van der Waals surface area contributed by atoms with Crippen molar-refractivity contribution >= 4 is 34.1 Å². The maximum atomic E-state index is 14.2. The van der Waals surface area contributed by atoms with Gasteiger partial charge < -0.3 is 5.32 Å². The summed E-state index contributed by atoms with van der Waals surface area (Å²) < 4.78 is 14.2. The Morgan fingerprint density at radius 1 is 1.17 bits per heavy atom. The first-order valence-electron chi connectivity index (χ1n) is 10.6. The van der Waals surface area contributed by atoms with Crippen LogP contribution < -0.4 is 5.32 Å². The monoisotopic (exact) mass is 422 g/mol. The summed E-state index contributed by atoms with van der Waals surface area (Å²) in [5, 5.41) is 4.62. The van der Waals surface area contributed by atoms with Gasteiger partial charge in [-0.3, -0.25) is 9.78 Å². The molecule has 1 spiro atoms. The van der Waals surface area contributed by atoms with Crippen LogP contribution in [0.3, 0.4) is 0 Å². The molecule has 2 aromatic carbocycles. The van der Waals surface area contributed by atoms with Crippen molar-refractivity contribution in [3.8, 4) is 0 Å². The summed E-state index contributed by atoms with van der Waals surface area (Å²) in [5.41, 5.74) is 3.61. The van der Waals surface area contributed by atoms with Gasteiger partial charge in [0.2, 0.25) is 5.91 Å². The Balaban J connectivity index is 1.27. The van der Waals surface area contributed by atoms with Crippen LogP contribution in [0, 0.1) is 24.1 Å². The number of hydrogen-bond acceptors (Lipinski definition) is 2. The zero-order chi connectivity index (χ0) is 20.9. The standard InChI is InChI=1S/C25H24ClFN2O/c1-15-12-23-20(13-22(15)27)19(8-11-28-23)16-6-9-25(10-7-16)14-21(25)24(30)29-18-4-2-17(26)3-5-18/h2-5,8,11-13,16,21H,6-7,9-10,14H2,1H3,(H,29,30)/t16-,21-,25+/m0/s1. The highest BCUT2D eigenvalue weighted by atomic mass is 35.5. The first-order chi connectivity index (χ1) is 14.4. The minimum absolute atomic E-state index is 0.0865. The molecule has 0 bridgehead atoms. The summed E-state index contributed by atoms with van der Waals surface area (Å²) in [6.45, 7) is 1.77. The molecule has 3 nitrogen and oxygen atoms in total. The van der Waals surface area contributed by atoms with Crippen LogP contribution in [-0.4, -0.2) is 10.9 Å². The van der Waals surface area contributed by atoms with Gasteiger partial charge in [-0.05, 0) is 104 Å². The van der Waals surface area contributed by atoms with Crippen molar-refractivity contribution in [1.82, 2.24) is 4.98 Å². The first-order valence-corrected chi connectivity index (χ1v) is 10.9. The highest BCUT2D eigenvalue weighted by Gasteiger charge is 2.58. The van der Waals surface area contributed by atoms with E-state index in [9.17, 15) is 9.18 Å². The smallest absolute Gasteiger partial charge is 0.228 e. The fourth-order valence-corrected chi connectivity index (χ4v) is 5.31. The van der Waals surface area contributed by atoms with E-state index < -0.39 is 0 Å². The molecule has 1 heterocycles. The SMILES string of the molecule is Cc1cc2nccc([C@H]3CC[C@@]4(CC3)C[C@H]4C(=O)Nc3ccc(Cl)cc3)c2cc1F. The van der Waals surface area contributed by atoms with E-state index in [4.69, 9.17) is 11.6 Å². The van der Waals surface area contributed by atoms with E-state index in [0.717, 1.165) is 48.7 Å². The number of aryl methyl sites for hydroxylation is 1. The number of nitrogens with one attached hydrogen (secondary N) is 1. The zero-order valence-electron chi connectivity index (χ0n) is 16.9. The Hall–Kier alpha value is -2.46. The van der Waals surface area contributed by atoms with Crippen LogP contribution in [0.5, 0.6) is 0 Å². The lowest BCUT2D eigenvalue weighted by atomic mass is 9.75. The van der Waals surface area contributed by atoms with Gasteiger partial charge in [-0.25, -0.2) is 4.39 Å². The van der Waals surface area contributed by atoms with Crippen molar-refractivity contribution in [1.29, 1.82) is 0 Å². The Bertz CT molecular complexity index is 1120. The lowest BCUT2D eigenvalue weighted by Gasteiger charge is -2.30. The fraction of sp³-hybridized carbons (Fsp3) is 0.360. The Morgan fingerprint density at radius 3 is 2.63 bits per heavy atom. The van der Waals surface area contributed by atoms with Crippen molar-refractivity contribution in [2.75, 3.05) is 5.32 Å². The van der Waals surface area contributed by atoms with Crippen molar-refractivity contribution < 1.29 is 9.18 Å². The molecule has 2 saturated carbocycles. The van der Waals surface area contributed by atoms with E-state index in [1.54, 1.807) is 25.1 Å². The molecule has 5 rings (SSSR count). The van der Waals surface area contributed by atoms with Gasteiger partial charge in [0.1, 0.15) is 5.82 Å². The van der Waals surface area contributed by atoms with Gasteiger partial charge in [-0.2, -0.15) is 0 Å². The molecule has 0 unspecified atom stereocenters. The summed E-state index contributed by atoms with van der Waals surface area (Å²) in [7, 11) is 0. The first kappa shape index (κ1) is 19.5. The molecule has 5 heteroatoms. The average molecular weight is 423 g/mol. The second-order valence-corrected chi connectivity index (χ2v) is 9.34. The maximum absolute atomic E-state index is 14.2. The summed E-state index contributed by atoms with van der Waals surface area (Å²) in [4.78, 5) is 17.2. The van der Waals surface area contributed by atoms with Crippen LogP contribution in [0.2, 0.25) is 5.02 Å². The largest absolute Gasteiger partial charge is 0.326 e. The number of benzene rings is 2. The van der Waals surface area contributed by atoms with Gasteiger partial charge in [0.05, 0.1) is 5.52 Å². The molecule has 2 aliphatic rings. The quantitative estimate of drug-likeness (QED) is 0.514. The zero-order valence-corrected chi connectivity index (χ0v) is 17.7. The summed E-state index contributed by atoms with van der Waals surface area (Å²) >= 11 is 5.92. The van der Waals surface area contributed by atoms with Gasteiger partial charge >= 0.3 is 0 Å². The van der Waals surface area contributed by atoms with E-state index in [2.05, 4.69) is 10.3 Å². The number of halogens is 2. The third-order valence-electron chi connectivity index (χ3n) is 7.09. The van der Waals surface area contributed by atoms with E-state index in [0.29, 0.717) is 16.5 Å². The number of aromatic nitrogens is 1. The van der Waals surface area contributed by atoms with E-state index in [-0.39, 0.29) is 23.1 Å². The molecular weight excluding hydrogens is 399 g/mol. The molecule has 0 aliphatic heterocycles. The normalized spacial score (nSPS) is 25.4. The number of nitrogens with zero attached hydrogens (tertiary/aromatic N) is 1.